The third-order valence-corrected chi connectivity index (χ3v) is 4.18. The molecule has 0 radical (unpaired) electrons. The van der Waals surface area contributed by atoms with Gasteiger partial charge in [0.2, 0.25) is 0 Å². The van der Waals surface area contributed by atoms with Crippen LogP contribution in [0.3, 0.4) is 0 Å². The van der Waals surface area contributed by atoms with E-state index in [-0.39, 0.29) is 0 Å². The number of nitrogens with zero attached hydrogens (tertiary/aromatic N) is 4. The molecule has 0 bridgehead atoms. The molecule has 1 heterocycles. The van der Waals surface area contributed by atoms with Gasteiger partial charge in [-0.05, 0) is 47.4 Å². The number of nitrogens with two attached hydrogens (primary N) is 1. The highest BCUT2D eigenvalue weighted by Gasteiger charge is 2.29. The normalized spacial score (nSPS) is 22.8. The van der Waals surface area contributed by atoms with Gasteiger partial charge >= 0.3 is 0 Å². The van der Waals surface area contributed by atoms with Crippen LogP contribution in [0.25, 0.3) is 11.4 Å². The molecule has 2 atom stereocenters. The molecule has 2 N–H and O–H groups in total. The van der Waals surface area contributed by atoms with Gasteiger partial charge in [-0.15, -0.1) is 5.10 Å². The monoisotopic (exact) mass is 277 g/mol. The summed E-state index contributed by atoms with van der Waals surface area (Å²) in [6, 6.07) is 5.73. The van der Waals surface area contributed by atoms with Crippen LogP contribution in [0.1, 0.15) is 32.2 Å². The highest BCUT2D eigenvalue weighted by atomic mass is 35.5. The van der Waals surface area contributed by atoms with Crippen LogP contribution in [0.4, 0.5) is 5.69 Å². The van der Waals surface area contributed by atoms with Crippen LogP contribution in [0.5, 0.6) is 0 Å². The fourth-order valence-corrected chi connectivity index (χ4v) is 3.00. The maximum Gasteiger partial charge on any atom is 0.183 e. The van der Waals surface area contributed by atoms with Crippen LogP contribution >= 0.6 is 11.6 Å². The Morgan fingerprint density at radius 1 is 1.37 bits per heavy atom. The highest BCUT2D eigenvalue weighted by molar-refractivity contribution is 6.33. The van der Waals surface area contributed by atoms with E-state index in [2.05, 4.69) is 22.4 Å². The van der Waals surface area contributed by atoms with E-state index in [0.717, 1.165) is 12.0 Å². The molecule has 2 unspecified atom stereocenters. The van der Waals surface area contributed by atoms with Crippen LogP contribution in [-0.2, 0) is 0 Å². The van der Waals surface area contributed by atoms with E-state index >= 15 is 0 Å². The summed E-state index contributed by atoms with van der Waals surface area (Å²) in [7, 11) is 0. The Kier molecular flexibility index (Phi) is 3.14. The van der Waals surface area contributed by atoms with Crippen molar-refractivity contribution in [1.82, 2.24) is 20.2 Å². The number of nitrogen functional groups attached to an aromatic ring is 1. The minimum absolute atomic E-state index is 0.350. The minimum Gasteiger partial charge on any atom is -0.399 e. The van der Waals surface area contributed by atoms with Gasteiger partial charge in [-0.25, -0.2) is 4.68 Å². The van der Waals surface area contributed by atoms with Crippen LogP contribution in [0.15, 0.2) is 18.2 Å². The van der Waals surface area contributed by atoms with E-state index in [1.165, 1.54) is 12.8 Å². The maximum atomic E-state index is 6.24. The molecule has 6 heteroatoms. The van der Waals surface area contributed by atoms with Gasteiger partial charge in [0.25, 0.3) is 0 Å². The zero-order valence-corrected chi connectivity index (χ0v) is 11.5. The summed E-state index contributed by atoms with van der Waals surface area (Å²) in [6.45, 7) is 2.24. The first-order valence-corrected chi connectivity index (χ1v) is 6.88. The summed E-state index contributed by atoms with van der Waals surface area (Å²) in [5.74, 6) is 1.29. The average molecular weight is 278 g/mol. The van der Waals surface area contributed by atoms with Gasteiger partial charge < -0.3 is 5.73 Å². The molecule has 2 aromatic rings. The van der Waals surface area contributed by atoms with Gasteiger partial charge in [-0.2, -0.15) is 0 Å². The number of hydrogen-bond donors (Lipinski definition) is 1. The summed E-state index contributed by atoms with van der Waals surface area (Å²) in [5.41, 5.74) is 7.29. The molecule has 1 aliphatic rings. The van der Waals surface area contributed by atoms with Crippen molar-refractivity contribution >= 4 is 17.3 Å². The lowest BCUT2D eigenvalue weighted by atomic mass is 10.1. The zero-order chi connectivity index (χ0) is 13.4. The Morgan fingerprint density at radius 3 is 2.95 bits per heavy atom. The Bertz CT molecular complexity index is 594. The summed E-state index contributed by atoms with van der Waals surface area (Å²) in [4.78, 5) is 0. The largest absolute Gasteiger partial charge is 0.399 e. The number of hydrogen-bond acceptors (Lipinski definition) is 4. The van der Waals surface area contributed by atoms with Gasteiger partial charge in [0.15, 0.2) is 5.82 Å². The second-order valence-electron chi connectivity index (χ2n) is 5.16. The van der Waals surface area contributed by atoms with Crippen molar-refractivity contribution in [2.24, 2.45) is 5.92 Å². The van der Waals surface area contributed by atoms with Crippen molar-refractivity contribution in [2.75, 3.05) is 5.73 Å². The number of halogens is 1. The third kappa shape index (κ3) is 2.18. The molecular formula is C13H16ClN5. The van der Waals surface area contributed by atoms with E-state index in [4.69, 9.17) is 17.3 Å². The Labute approximate surface area is 116 Å². The topological polar surface area (TPSA) is 69.6 Å². The molecule has 1 aromatic heterocycles. The molecule has 1 saturated carbocycles. The Morgan fingerprint density at radius 2 is 2.21 bits per heavy atom. The molecule has 19 heavy (non-hydrogen) atoms. The standard InChI is InChI=1S/C13H16ClN5/c1-8-3-2-4-12(8)19-13(16-17-18-19)10-7-9(15)5-6-11(10)14/h5-8,12H,2-4,15H2,1H3. The molecule has 1 fully saturated rings. The number of tetrazole rings is 1. The van der Waals surface area contributed by atoms with E-state index in [9.17, 15) is 0 Å². The van der Waals surface area contributed by atoms with Crippen molar-refractivity contribution in [3.05, 3.63) is 23.2 Å². The molecule has 1 aliphatic carbocycles. The molecule has 0 amide bonds. The van der Waals surface area contributed by atoms with Crippen molar-refractivity contribution < 1.29 is 0 Å². The summed E-state index contributed by atoms with van der Waals surface area (Å²) in [6.07, 6.45) is 3.55. The summed E-state index contributed by atoms with van der Waals surface area (Å²) in [5, 5.41) is 12.7. The fourth-order valence-electron chi connectivity index (χ4n) is 2.80. The molecule has 100 valence electrons. The van der Waals surface area contributed by atoms with Crippen molar-refractivity contribution in [2.45, 2.75) is 32.2 Å². The van der Waals surface area contributed by atoms with E-state index in [0.29, 0.717) is 28.5 Å². The molecule has 0 saturated heterocycles. The van der Waals surface area contributed by atoms with E-state index in [1.807, 2.05) is 10.7 Å². The average Bonchev–Trinajstić information content (AvgIpc) is 3.00. The van der Waals surface area contributed by atoms with E-state index < -0.39 is 0 Å². The second-order valence-corrected chi connectivity index (χ2v) is 5.57. The maximum absolute atomic E-state index is 6.24. The number of anilines is 1. The number of rotatable bonds is 2. The quantitative estimate of drug-likeness (QED) is 0.857. The van der Waals surface area contributed by atoms with Crippen molar-refractivity contribution in [1.29, 1.82) is 0 Å². The first-order valence-electron chi connectivity index (χ1n) is 6.50. The number of benzene rings is 1. The van der Waals surface area contributed by atoms with Crippen LogP contribution in [0.2, 0.25) is 5.02 Å². The van der Waals surface area contributed by atoms with Gasteiger partial charge in [-0.3, -0.25) is 0 Å². The predicted molar refractivity (Wildman–Crippen MR) is 74.7 cm³/mol. The lowest BCUT2D eigenvalue weighted by Gasteiger charge is -2.17. The van der Waals surface area contributed by atoms with Crippen LogP contribution in [0, 0.1) is 5.92 Å². The van der Waals surface area contributed by atoms with Crippen LogP contribution < -0.4 is 5.73 Å². The molecule has 0 aliphatic heterocycles. The molecule has 5 nitrogen and oxygen atoms in total. The SMILES string of the molecule is CC1CCCC1n1nnnc1-c1cc(N)ccc1Cl. The lowest BCUT2D eigenvalue weighted by molar-refractivity contribution is 0.370. The minimum atomic E-state index is 0.350. The first kappa shape index (κ1) is 12.4. The van der Waals surface area contributed by atoms with Crippen molar-refractivity contribution in [3.63, 3.8) is 0 Å². The first-order chi connectivity index (χ1) is 9.16. The van der Waals surface area contributed by atoms with Gasteiger partial charge in [0.05, 0.1) is 11.1 Å². The van der Waals surface area contributed by atoms with E-state index in [1.54, 1.807) is 12.1 Å². The molecule has 3 rings (SSSR count). The molecular weight excluding hydrogens is 262 g/mol. The second kappa shape index (κ2) is 4.81. The summed E-state index contributed by atoms with van der Waals surface area (Å²) < 4.78 is 1.90. The van der Waals surface area contributed by atoms with Crippen LogP contribution in [-0.4, -0.2) is 20.2 Å². The lowest BCUT2D eigenvalue weighted by Crippen LogP contribution is -2.14. The van der Waals surface area contributed by atoms with Gasteiger partial charge in [0, 0.05) is 11.3 Å². The Hall–Kier alpha value is -1.62. The molecule has 1 aromatic carbocycles. The number of aromatic nitrogens is 4. The fraction of sp³-hybridized carbons (Fsp3) is 0.462. The predicted octanol–water partition coefficient (Wildman–Crippen LogP) is 2.94. The van der Waals surface area contributed by atoms with Crippen molar-refractivity contribution in [3.8, 4) is 11.4 Å². The smallest absolute Gasteiger partial charge is 0.183 e. The summed E-state index contributed by atoms with van der Waals surface area (Å²) >= 11 is 6.24. The Balaban J connectivity index is 2.06. The van der Waals surface area contributed by atoms with Gasteiger partial charge in [0.1, 0.15) is 0 Å². The van der Waals surface area contributed by atoms with Gasteiger partial charge in [-0.1, -0.05) is 24.9 Å². The molecule has 0 spiro atoms. The third-order valence-electron chi connectivity index (χ3n) is 3.85. The zero-order valence-electron chi connectivity index (χ0n) is 10.8. The highest BCUT2D eigenvalue weighted by Crippen LogP contribution is 2.38.